The Balaban J connectivity index is 1.59. The van der Waals surface area contributed by atoms with Crippen LogP contribution in [-0.2, 0) is 19.6 Å². The summed E-state index contributed by atoms with van der Waals surface area (Å²) in [5, 5.41) is 7.04. The predicted molar refractivity (Wildman–Crippen MR) is 99.5 cm³/mol. The lowest BCUT2D eigenvalue weighted by Gasteiger charge is -2.05. The molecule has 1 N–H and O–H groups in total. The maximum absolute atomic E-state index is 12.3. The fourth-order valence-corrected chi connectivity index (χ4v) is 2.63. The molecule has 0 fully saturated rings. The van der Waals surface area contributed by atoms with Gasteiger partial charge in [0.2, 0.25) is 0 Å². The van der Waals surface area contributed by atoms with Gasteiger partial charge in [-0.3, -0.25) is 9.48 Å². The largest absolute Gasteiger partial charge is 0.486 e. The molecule has 136 valence electrons. The lowest BCUT2D eigenvalue weighted by Crippen LogP contribution is -2.11. The van der Waals surface area contributed by atoms with E-state index in [0.717, 1.165) is 24.4 Å². The van der Waals surface area contributed by atoms with Gasteiger partial charge in [-0.1, -0.05) is 19.1 Å². The van der Waals surface area contributed by atoms with E-state index < -0.39 is 0 Å². The monoisotopic (exact) mass is 353 g/mol. The van der Waals surface area contributed by atoms with Gasteiger partial charge in [0, 0.05) is 6.54 Å². The minimum Gasteiger partial charge on any atom is -0.486 e. The number of nitrogens with one attached hydrogen (secondary N) is 1. The van der Waals surface area contributed by atoms with Crippen molar-refractivity contribution in [3.05, 3.63) is 65.4 Å². The summed E-state index contributed by atoms with van der Waals surface area (Å²) in [6.07, 6.45) is 2.64. The number of aryl methyl sites for hydroxylation is 2. The van der Waals surface area contributed by atoms with Gasteiger partial charge in [-0.25, -0.2) is 0 Å². The van der Waals surface area contributed by atoms with Crippen molar-refractivity contribution in [2.24, 2.45) is 0 Å². The molecule has 0 unspecified atom stereocenters. The molecule has 0 aliphatic carbocycles. The van der Waals surface area contributed by atoms with Crippen LogP contribution in [-0.4, -0.2) is 15.7 Å². The van der Waals surface area contributed by atoms with Crippen LogP contribution in [0, 0.1) is 6.92 Å². The van der Waals surface area contributed by atoms with Crippen LogP contribution < -0.4 is 10.1 Å². The van der Waals surface area contributed by atoms with E-state index >= 15 is 0 Å². The van der Waals surface area contributed by atoms with Crippen LogP contribution in [0.15, 0.2) is 47.0 Å². The van der Waals surface area contributed by atoms with E-state index in [-0.39, 0.29) is 18.3 Å². The predicted octanol–water partition coefficient (Wildman–Crippen LogP) is 4.20. The second-order valence-electron chi connectivity index (χ2n) is 5.97. The van der Waals surface area contributed by atoms with Gasteiger partial charge in [0.1, 0.15) is 18.1 Å². The zero-order valence-corrected chi connectivity index (χ0v) is 15.3. The number of anilines is 1. The van der Waals surface area contributed by atoms with Gasteiger partial charge in [0.05, 0.1) is 17.6 Å². The van der Waals surface area contributed by atoms with Gasteiger partial charge in [-0.15, -0.1) is 0 Å². The second kappa shape index (κ2) is 7.91. The van der Waals surface area contributed by atoms with Gasteiger partial charge < -0.3 is 14.5 Å². The fourth-order valence-electron chi connectivity index (χ4n) is 2.63. The van der Waals surface area contributed by atoms with Crippen molar-refractivity contribution < 1.29 is 13.9 Å². The van der Waals surface area contributed by atoms with E-state index in [1.807, 2.05) is 42.8 Å². The van der Waals surface area contributed by atoms with Gasteiger partial charge in [0.25, 0.3) is 5.91 Å². The molecule has 2 heterocycles. The number of ether oxygens (including phenoxy) is 1. The highest BCUT2D eigenvalue weighted by Gasteiger charge is 2.14. The molecule has 3 rings (SSSR count). The highest BCUT2D eigenvalue weighted by atomic mass is 16.5. The highest BCUT2D eigenvalue weighted by molar-refractivity contribution is 6.02. The summed E-state index contributed by atoms with van der Waals surface area (Å²) in [7, 11) is 0. The number of rotatable bonds is 7. The third kappa shape index (κ3) is 3.96. The Morgan fingerprint density at radius 3 is 2.62 bits per heavy atom. The zero-order chi connectivity index (χ0) is 18.5. The third-order valence-electron chi connectivity index (χ3n) is 4.25. The van der Waals surface area contributed by atoms with Crippen molar-refractivity contribution in [2.45, 2.75) is 40.3 Å². The van der Waals surface area contributed by atoms with Crippen LogP contribution >= 0.6 is 0 Å². The lowest BCUT2D eigenvalue weighted by molar-refractivity contribution is 0.0992. The smallest absolute Gasteiger partial charge is 0.291 e. The van der Waals surface area contributed by atoms with Crippen LogP contribution in [0.3, 0.4) is 0 Å². The SMILES string of the molecule is CCc1ccc(OCc2ccc(C(=O)Nc3cnn(CC)c3C)o2)cc1. The van der Waals surface area contributed by atoms with E-state index in [0.29, 0.717) is 11.4 Å². The Morgan fingerprint density at radius 1 is 1.19 bits per heavy atom. The van der Waals surface area contributed by atoms with Crippen molar-refractivity contribution in [3.8, 4) is 5.75 Å². The van der Waals surface area contributed by atoms with Crippen molar-refractivity contribution >= 4 is 11.6 Å². The van der Waals surface area contributed by atoms with Crippen LogP contribution in [0.5, 0.6) is 5.75 Å². The van der Waals surface area contributed by atoms with Crippen LogP contribution in [0.25, 0.3) is 0 Å². The van der Waals surface area contributed by atoms with Gasteiger partial charge in [-0.05, 0) is 50.1 Å². The molecular formula is C20H23N3O3. The number of carbonyl (C=O) groups is 1. The summed E-state index contributed by atoms with van der Waals surface area (Å²) in [5.41, 5.74) is 2.85. The molecule has 0 spiro atoms. The molecule has 6 heteroatoms. The number of hydrogen-bond acceptors (Lipinski definition) is 4. The Hall–Kier alpha value is -3.02. The number of nitrogens with zero attached hydrogens (tertiary/aromatic N) is 2. The summed E-state index contributed by atoms with van der Waals surface area (Å²) in [6, 6.07) is 11.3. The molecule has 6 nitrogen and oxygen atoms in total. The van der Waals surface area contributed by atoms with Crippen molar-refractivity contribution in [1.82, 2.24) is 9.78 Å². The Kier molecular flexibility index (Phi) is 5.41. The molecule has 0 radical (unpaired) electrons. The van der Waals surface area contributed by atoms with Gasteiger partial charge >= 0.3 is 0 Å². The lowest BCUT2D eigenvalue weighted by atomic mass is 10.2. The number of amides is 1. The number of benzene rings is 1. The molecule has 1 amide bonds. The van der Waals surface area contributed by atoms with E-state index in [2.05, 4.69) is 17.3 Å². The number of aromatic nitrogens is 2. The number of carbonyl (C=O) groups excluding carboxylic acids is 1. The molecule has 2 aromatic heterocycles. The minimum absolute atomic E-state index is 0.244. The first-order chi connectivity index (χ1) is 12.6. The maximum atomic E-state index is 12.3. The Labute approximate surface area is 152 Å². The van der Waals surface area contributed by atoms with Crippen molar-refractivity contribution in [3.63, 3.8) is 0 Å². The van der Waals surface area contributed by atoms with E-state index in [1.165, 1.54) is 5.56 Å². The molecule has 0 saturated carbocycles. The molecule has 26 heavy (non-hydrogen) atoms. The van der Waals surface area contributed by atoms with Gasteiger partial charge in [0.15, 0.2) is 5.76 Å². The minimum atomic E-state index is -0.303. The number of furan rings is 1. The topological polar surface area (TPSA) is 69.3 Å². The molecule has 0 aliphatic rings. The highest BCUT2D eigenvalue weighted by Crippen LogP contribution is 2.18. The molecule has 0 aliphatic heterocycles. The molecule has 0 atom stereocenters. The van der Waals surface area contributed by atoms with E-state index in [4.69, 9.17) is 9.15 Å². The van der Waals surface area contributed by atoms with Crippen molar-refractivity contribution in [2.75, 3.05) is 5.32 Å². The average molecular weight is 353 g/mol. The summed E-state index contributed by atoms with van der Waals surface area (Å²) in [6.45, 7) is 7.05. The summed E-state index contributed by atoms with van der Waals surface area (Å²) in [5.74, 6) is 1.30. The Bertz CT molecular complexity index is 878. The summed E-state index contributed by atoms with van der Waals surface area (Å²) < 4.78 is 13.1. The van der Waals surface area contributed by atoms with Crippen LogP contribution in [0.2, 0.25) is 0 Å². The zero-order valence-electron chi connectivity index (χ0n) is 15.3. The average Bonchev–Trinajstić information content (AvgIpc) is 3.28. The first-order valence-corrected chi connectivity index (χ1v) is 8.75. The van der Waals surface area contributed by atoms with Crippen LogP contribution in [0.4, 0.5) is 5.69 Å². The fraction of sp³-hybridized carbons (Fsp3) is 0.300. The molecule has 3 aromatic rings. The molecule has 0 bridgehead atoms. The quantitative estimate of drug-likeness (QED) is 0.691. The molecule has 1 aromatic carbocycles. The van der Waals surface area contributed by atoms with Crippen LogP contribution in [0.1, 0.15) is 41.4 Å². The Morgan fingerprint density at radius 2 is 1.96 bits per heavy atom. The summed E-state index contributed by atoms with van der Waals surface area (Å²) >= 11 is 0. The second-order valence-corrected chi connectivity index (χ2v) is 5.97. The third-order valence-corrected chi connectivity index (χ3v) is 4.25. The maximum Gasteiger partial charge on any atom is 0.291 e. The van der Waals surface area contributed by atoms with Gasteiger partial charge in [-0.2, -0.15) is 5.10 Å². The first-order valence-electron chi connectivity index (χ1n) is 8.75. The number of hydrogen-bond donors (Lipinski definition) is 1. The van der Waals surface area contributed by atoms with E-state index in [1.54, 1.807) is 18.3 Å². The molecular weight excluding hydrogens is 330 g/mol. The van der Waals surface area contributed by atoms with E-state index in [9.17, 15) is 4.79 Å². The normalized spacial score (nSPS) is 10.7. The standard InChI is InChI=1S/C20H23N3O3/c1-4-15-6-8-16(9-7-15)25-13-17-10-11-19(26-17)20(24)22-18-12-21-23(5-2)14(18)3/h6-12H,4-5,13H2,1-3H3,(H,22,24). The summed E-state index contributed by atoms with van der Waals surface area (Å²) in [4.78, 5) is 12.3. The van der Waals surface area contributed by atoms with Crippen molar-refractivity contribution in [1.29, 1.82) is 0 Å². The molecule has 0 saturated heterocycles. The first kappa shape index (κ1) is 17.8.